The number of carbonyl (C=O) groups is 2. The molecule has 1 fully saturated rings. The molecular weight excluding hydrogens is 399 g/mol. The summed E-state index contributed by atoms with van der Waals surface area (Å²) in [7, 11) is 0. The Kier molecular flexibility index (Phi) is 5.67. The molecule has 2 aliphatic rings. The molecule has 2 aliphatic heterocycles. The Morgan fingerprint density at radius 2 is 2.10 bits per heavy atom. The summed E-state index contributed by atoms with van der Waals surface area (Å²) in [5, 5.41) is 0.250. The molecule has 0 bridgehead atoms. The van der Waals surface area contributed by atoms with E-state index in [0.29, 0.717) is 42.5 Å². The lowest BCUT2D eigenvalue weighted by Crippen LogP contribution is -2.39. The third-order valence-electron chi connectivity index (χ3n) is 5.20. The van der Waals surface area contributed by atoms with Crippen LogP contribution >= 0.6 is 11.6 Å². The molecule has 0 aliphatic carbocycles. The Balaban J connectivity index is 1.32. The van der Waals surface area contributed by atoms with Crippen molar-refractivity contribution in [2.75, 3.05) is 26.3 Å². The topological polar surface area (TPSA) is 68.7 Å². The van der Waals surface area contributed by atoms with Crippen molar-refractivity contribution < 1.29 is 23.5 Å². The Morgan fingerprint density at radius 1 is 1.31 bits per heavy atom. The Morgan fingerprint density at radius 3 is 2.86 bits per heavy atom. The summed E-state index contributed by atoms with van der Waals surface area (Å²) in [5.41, 5.74) is 1.13. The number of piperidine rings is 1. The van der Waals surface area contributed by atoms with Crippen molar-refractivity contribution in [2.45, 2.75) is 19.3 Å². The van der Waals surface area contributed by atoms with Gasteiger partial charge in [-0.15, -0.1) is 0 Å². The van der Waals surface area contributed by atoms with E-state index in [4.69, 9.17) is 21.1 Å². The molecule has 1 amide bonds. The summed E-state index contributed by atoms with van der Waals surface area (Å²) in [6.45, 7) is 1.71. The van der Waals surface area contributed by atoms with Crippen LogP contribution < -0.4 is 9.47 Å². The van der Waals surface area contributed by atoms with Gasteiger partial charge in [-0.1, -0.05) is 11.6 Å². The van der Waals surface area contributed by atoms with E-state index in [-0.39, 0.29) is 35.7 Å². The molecule has 0 N–H and O–H groups in total. The van der Waals surface area contributed by atoms with Gasteiger partial charge in [-0.2, -0.15) is 0 Å². The van der Waals surface area contributed by atoms with Crippen molar-refractivity contribution in [1.82, 2.24) is 9.88 Å². The zero-order chi connectivity index (χ0) is 20.4. The number of pyridine rings is 1. The number of hydrogen-bond acceptors (Lipinski definition) is 5. The maximum absolute atomic E-state index is 13.1. The molecule has 3 heterocycles. The van der Waals surface area contributed by atoms with Gasteiger partial charge in [-0.05, 0) is 43.0 Å². The van der Waals surface area contributed by atoms with Crippen LogP contribution in [0.15, 0.2) is 30.5 Å². The summed E-state index contributed by atoms with van der Waals surface area (Å²) in [4.78, 5) is 30.3. The molecule has 0 unspecified atom stereocenters. The molecule has 2 aromatic rings. The summed E-state index contributed by atoms with van der Waals surface area (Å²) in [6.07, 6.45) is 3.34. The highest BCUT2D eigenvalue weighted by atomic mass is 35.5. The number of fused-ring (bicyclic) bond motifs is 1. The van der Waals surface area contributed by atoms with Gasteiger partial charge < -0.3 is 14.4 Å². The second-order valence-corrected chi connectivity index (χ2v) is 7.72. The van der Waals surface area contributed by atoms with E-state index in [1.165, 1.54) is 24.4 Å². The van der Waals surface area contributed by atoms with E-state index in [0.717, 1.165) is 12.8 Å². The second kappa shape index (κ2) is 8.37. The average Bonchev–Trinajstić information content (AvgIpc) is 2.72. The number of benzene rings is 1. The largest absolute Gasteiger partial charge is 0.492 e. The van der Waals surface area contributed by atoms with Crippen molar-refractivity contribution in [1.29, 1.82) is 0 Å². The fourth-order valence-corrected chi connectivity index (χ4v) is 3.79. The van der Waals surface area contributed by atoms with E-state index in [9.17, 15) is 14.0 Å². The van der Waals surface area contributed by atoms with Crippen LogP contribution in [0.4, 0.5) is 4.39 Å². The Bertz CT molecular complexity index is 944. The van der Waals surface area contributed by atoms with Crippen LogP contribution in [0, 0.1) is 11.7 Å². The number of ketones is 1. The number of Topliss-reactive ketones (excluding diaryl/α,β-unsaturated/α-hetero) is 1. The molecule has 29 heavy (non-hydrogen) atoms. The monoisotopic (exact) mass is 418 g/mol. The Hall–Kier alpha value is -2.67. The lowest BCUT2D eigenvalue weighted by molar-refractivity contribution is -0.121. The van der Waals surface area contributed by atoms with E-state index in [2.05, 4.69) is 4.98 Å². The number of ether oxygens (including phenoxy) is 2. The van der Waals surface area contributed by atoms with Crippen LogP contribution in [0.3, 0.4) is 0 Å². The van der Waals surface area contributed by atoms with Crippen molar-refractivity contribution in [2.24, 2.45) is 5.92 Å². The first-order valence-corrected chi connectivity index (χ1v) is 9.88. The van der Waals surface area contributed by atoms with Crippen LogP contribution in [0.5, 0.6) is 11.6 Å². The average molecular weight is 419 g/mol. The van der Waals surface area contributed by atoms with Gasteiger partial charge in [0, 0.05) is 31.3 Å². The predicted molar refractivity (Wildman–Crippen MR) is 104 cm³/mol. The lowest BCUT2D eigenvalue weighted by atomic mass is 9.97. The van der Waals surface area contributed by atoms with Gasteiger partial charge in [0.1, 0.15) is 18.2 Å². The number of nitrogens with zero attached hydrogens (tertiary/aromatic N) is 2. The molecule has 8 heteroatoms. The van der Waals surface area contributed by atoms with Gasteiger partial charge in [0.25, 0.3) is 5.91 Å². The molecular formula is C21H20ClFN2O4. The fourth-order valence-electron chi connectivity index (χ4n) is 3.57. The molecule has 0 spiro atoms. The maximum Gasteiger partial charge on any atom is 0.255 e. The SMILES string of the molecule is O=C1COc2ncc(C(=O)N3CCC(COc4ccc(F)cc4Cl)CC3)cc2C1. The molecule has 0 atom stereocenters. The minimum atomic E-state index is -0.401. The molecule has 0 saturated carbocycles. The standard InChI is InChI=1S/C21H20ClFN2O4/c22-18-9-16(23)1-2-19(18)28-11-13-3-5-25(6-4-13)21(27)15-7-14-8-17(26)12-29-20(14)24-10-15/h1-2,7,9-10,13H,3-6,8,11-12H2. The van der Waals surface area contributed by atoms with E-state index >= 15 is 0 Å². The third kappa shape index (κ3) is 4.50. The van der Waals surface area contributed by atoms with Crippen LogP contribution in [-0.4, -0.2) is 47.9 Å². The van der Waals surface area contributed by atoms with Gasteiger partial charge in [0.05, 0.1) is 17.2 Å². The number of amides is 1. The summed E-state index contributed by atoms with van der Waals surface area (Å²) >= 11 is 5.99. The maximum atomic E-state index is 13.1. The zero-order valence-electron chi connectivity index (χ0n) is 15.7. The number of rotatable bonds is 4. The van der Waals surface area contributed by atoms with Crippen LogP contribution in [0.25, 0.3) is 0 Å². The van der Waals surface area contributed by atoms with Gasteiger partial charge in [-0.3, -0.25) is 9.59 Å². The van der Waals surface area contributed by atoms with E-state index in [1.807, 2.05) is 0 Å². The first-order valence-electron chi connectivity index (χ1n) is 9.50. The smallest absolute Gasteiger partial charge is 0.255 e. The van der Waals surface area contributed by atoms with Crippen LogP contribution in [-0.2, 0) is 11.2 Å². The molecule has 1 saturated heterocycles. The molecule has 1 aromatic heterocycles. The van der Waals surface area contributed by atoms with Gasteiger partial charge >= 0.3 is 0 Å². The normalized spacial score (nSPS) is 16.9. The number of aromatic nitrogens is 1. The van der Waals surface area contributed by atoms with Crippen molar-refractivity contribution in [3.05, 3.63) is 52.4 Å². The van der Waals surface area contributed by atoms with Crippen molar-refractivity contribution in [3.8, 4) is 11.6 Å². The first kappa shape index (κ1) is 19.6. The number of halogens is 2. The van der Waals surface area contributed by atoms with E-state index in [1.54, 1.807) is 11.0 Å². The van der Waals surface area contributed by atoms with Crippen molar-refractivity contribution >= 4 is 23.3 Å². The highest BCUT2D eigenvalue weighted by Gasteiger charge is 2.26. The minimum Gasteiger partial charge on any atom is -0.492 e. The lowest BCUT2D eigenvalue weighted by Gasteiger charge is -2.32. The molecule has 4 rings (SSSR count). The number of carbonyl (C=O) groups excluding carboxylic acids is 2. The highest BCUT2D eigenvalue weighted by Crippen LogP contribution is 2.27. The fraction of sp³-hybridized carbons (Fsp3) is 0.381. The summed E-state index contributed by atoms with van der Waals surface area (Å²) in [6, 6.07) is 5.76. The Labute approximate surface area is 172 Å². The number of likely N-dealkylation sites (tertiary alicyclic amines) is 1. The molecule has 0 radical (unpaired) electrons. The van der Waals surface area contributed by atoms with Crippen LogP contribution in [0.1, 0.15) is 28.8 Å². The second-order valence-electron chi connectivity index (χ2n) is 7.31. The quantitative estimate of drug-likeness (QED) is 0.762. The minimum absolute atomic E-state index is 0.0222. The van der Waals surface area contributed by atoms with Gasteiger partial charge in [0.15, 0.2) is 5.78 Å². The summed E-state index contributed by atoms with van der Waals surface area (Å²) in [5.74, 6) is 0.653. The van der Waals surface area contributed by atoms with E-state index < -0.39 is 5.82 Å². The molecule has 6 nitrogen and oxygen atoms in total. The molecule has 1 aromatic carbocycles. The highest BCUT2D eigenvalue weighted by molar-refractivity contribution is 6.32. The van der Waals surface area contributed by atoms with Crippen molar-refractivity contribution in [3.63, 3.8) is 0 Å². The van der Waals surface area contributed by atoms with Gasteiger partial charge in [-0.25, -0.2) is 9.37 Å². The first-order chi connectivity index (χ1) is 14.0. The molecule has 152 valence electrons. The number of hydrogen-bond donors (Lipinski definition) is 0. The predicted octanol–water partition coefficient (Wildman–Crippen LogP) is 3.31. The third-order valence-corrected chi connectivity index (χ3v) is 5.50. The van der Waals surface area contributed by atoms with Crippen LogP contribution in [0.2, 0.25) is 5.02 Å². The summed E-state index contributed by atoms with van der Waals surface area (Å²) < 4.78 is 24.1. The van der Waals surface area contributed by atoms with Gasteiger partial charge in [0.2, 0.25) is 5.88 Å². The zero-order valence-corrected chi connectivity index (χ0v) is 16.5.